The summed E-state index contributed by atoms with van der Waals surface area (Å²) in [6.45, 7) is -0.503. The van der Waals surface area contributed by atoms with Crippen LogP contribution in [0.15, 0.2) is 24.3 Å². The molecule has 1 heterocycles. The molecule has 0 bridgehead atoms. The van der Waals surface area contributed by atoms with Gasteiger partial charge in [0.15, 0.2) is 0 Å². The number of aliphatic hydroxyl groups is 5. The number of ether oxygens (including phenoxy) is 1. The van der Waals surface area contributed by atoms with Crippen LogP contribution in [0.3, 0.4) is 0 Å². The van der Waals surface area contributed by atoms with E-state index in [0.29, 0.717) is 5.56 Å². The van der Waals surface area contributed by atoms with E-state index in [0.717, 1.165) is 0 Å². The average molecular weight is 300 g/mol. The van der Waals surface area contributed by atoms with Gasteiger partial charge in [-0.05, 0) is 17.7 Å². The van der Waals surface area contributed by atoms with Crippen molar-refractivity contribution in [3.05, 3.63) is 29.8 Å². The molecule has 7 nitrogen and oxygen atoms in total. The van der Waals surface area contributed by atoms with Crippen LogP contribution in [-0.4, -0.2) is 67.8 Å². The van der Waals surface area contributed by atoms with Gasteiger partial charge in [-0.1, -0.05) is 12.1 Å². The van der Waals surface area contributed by atoms with Gasteiger partial charge in [0.25, 0.3) is 0 Å². The van der Waals surface area contributed by atoms with Gasteiger partial charge in [0.2, 0.25) is 0 Å². The Hall–Kier alpha value is -1.22. The molecule has 118 valence electrons. The maximum atomic E-state index is 10.1. The molecule has 1 aliphatic rings. The van der Waals surface area contributed by atoms with E-state index in [-0.39, 0.29) is 12.2 Å². The Balaban J connectivity index is 2.05. The van der Waals surface area contributed by atoms with Gasteiger partial charge in [0, 0.05) is 6.42 Å². The number of rotatable bonds is 4. The van der Waals surface area contributed by atoms with Crippen LogP contribution in [0.4, 0.5) is 0 Å². The zero-order valence-corrected chi connectivity index (χ0v) is 11.3. The van der Waals surface area contributed by atoms with E-state index >= 15 is 0 Å². The standard InChI is InChI=1S/C14H20O7/c15-6-11-13(19)14(20)12(18)10(21-11)5-9(17)7-1-3-8(16)4-2-7/h1-4,9-20H,5-6H2/t9?,10-,11-,12+,13-,14-/m1/s1. The van der Waals surface area contributed by atoms with Gasteiger partial charge in [-0.15, -0.1) is 0 Å². The van der Waals surface area contributed by atoms with Crippen molar-refractivity contribution in [3.63, 3.8) is 0 Å². The molecule has 0 amide bonds. The highest BCUT2D eigenvalue weighted by Gasteiger charge is 2.43. The summed E-state index contributed by atoms with van der Waals surface area (Å²) < 4.78 is 5.33. The minimum atomic E-state index is -1.45. The lowest BCUT2D eigenvalue weighted by Crippen LogP contribution is -2.58. The summed E-state index contributed by atoms with van der Waals surface area (Å²) in [5, 5.41) is 57.7. The van der Waals surface area contributed by atoms with E-state index in [4.69, 9.17) is 9.84 Å². The molecule has 1 aromatic carbocycles. The number of hydrogen-bond acceptors (Lipinski definition) is 7. The Kier molecular flexibility index (Phi) is 5.15. The highest BCUT2D eigenvalue weighted by molar-refractivity contribution is 5.27. The van der Waals surface area contributed by atoms with E-state index in [1.54, 1.807) is 0 Å². The SMILES string of the molecule is OC[C@H]1O[C@H](CC(O)c2ccc(O)cc2)[C@H](O)[C@@H](O)[C@@H]1O. The van der Waals surface area contributed by atoms with Gasteiger partial charge in [-0.25, -0.2) is 0 Å². The first-order valence-electron chi connectivity index (χ1n) is 6.71. The van der Waals surface area contributed by atoms with Crippen LogP contribution >= 0.6 is 0 Å². The monoisotopic (exact) mass is 300 g/mol. The van der Waals surface area contributed by atoms with Gasteiger partial charge in [-0.2, -0.15) is 0 Å². The molecule has 1 fully saturated rings. The highest BCUT2D eigenvalue weighted by atomic mass is 16.5. The molecule has 2 rings (SSSR count). The molecule has 0 aromatic heterocycles. The third-order valence-electron chi connectivity index (χ3n) is 3.72. The zero-order chi connectivity index (χ0) is 15.6. The van der Waals surface area contributed by atoms with Crippen molar-refractivity contribution in [2.24, 2.45) is 0 Å². The van der Waals surface area contributed by atoms with Crippen LogP contribution in [-0.2, 0) is 4.74 Å². The predicted molar refractivity (Wildman–Crippen MR) is 71.5 cm³/mol. The van der Waals surface area contributed by atoms with Crippen molar-refractivity contribution in [1.29, 1.82) is 0 Å². The smallest absolute Gasteiger partial charge is 0.115 e. The molecule has 0 saturated carbocycles. The largest absolute Gasteiger partial charge is 0.508 e. The summed E-state index contributed by atoms with van der Waals surface area (Å²) in [7, 11) is 0. The fourth-order valence-electron chi connectivity index (χ4n) is 2.43. The number of aromatic hydroxyl groups is 1. The lowest BCUT2D eigenvalue weighted by molar-refractivity contribution is -0.234. The average Bonchev–Trinajstić information content (AvgIpc) is 2.48. The maximum absolute atomic E-state index is 10.1. The second-order valence-electron chi connectivity index (χ2n) is 5.21. The van der Waals surface area contributed by atoms with Crippen molar-refractivity contribution < 1.29 is 35.4 Å². The van der Waals surface area contributed by atoms with Crippen molar-refractivity contribution in [3.8, 4) is 5.75 Å². The topological polar surface area (TPSA) is 131 Å². The fraction of sp³-hybridized carbons (Fsp3) is 0.571. The normalized spacial score (nSPS) is 34.6. The summed E-state index contributed by atoms with van der Waals surface area (Å²) in [6.07, 6.45) is -7.14. The van der Waals surface area contributed by atoms with E-state index in [2.05, 4.69) is 0 Å². The first-order valence-corrected chi connectivity index (χ1v) is 6.71. The molecule has 1 aromatic rings. The third-order valence-corrected chi connectivity index (χ3v) is 3.72. The lowest BCUT2D eigenvalue weighted by Gasteiger charge is -2.40. The van der Waals surface area contributed by atoms with Crippen LogP contribution < -0.4 is 0 Å². The number of phenolic OH excluding ortho intramolecular Hbond substituents is 1. The Morgan fingerprint density at radius 1 is 0.952 bits per heavy atom. The lowest BCUT2D eigenvalue weighted by atomic mass is 9.91. The third kappa shape index (κ3) is 3.52. The predicted octanol–water partition coefficient (Wildman–Crippen LogP) is -1.34. The first-order chi connectivity index (χ1) is 9.93. The van der Waals surface area contributed by atoms with Gasteiger partial charge < -0.3 is 35.4 Å². The Morgan fingerprint density at radius 2 is 1.52 bits per heavy atom. The Labute approximate surface area is 121 Å². The molecule has 0 aliphatic carbocycles. The summed E-state index contributed by atoms with van der Waals surface area (Å²) in [4.78, 5) is 0. The quantitative estimate of drug-likeness (QED) is 0.406. The summed E-state index contributed by atoms with van der Waals surface area (Å²) >= 11 is 0. The highest BCUT2D eigenvalue weighted by Crippen LogP contribution is 2.28. The van der Waals surface area contributed by atoms with Gasteiger partial charge in [0.1, 0.15) is 30.2 Å². The van der Waals surface area contributed by atoms with E-state index in [1.165, 1.54) is 24.3 Å². The molecular formula is C14H20O7. The molecule has 1 unspecified atom stereocenters. The molecular weight excluding hydrogens is 280 g/mol. The van der Waals surface area contributed by atoms with Gasteiger partial charge in [0.05, 0.1) is 18.8 Å². The molecule has 0 radical (unpaired) electrons. The number of aliphatic hydroxyl groups excluding tert-OH is 5. The Morgan fingerprint density at radius 3 is 2.10 bits per heavy atom. The van der Waals surface area contributed by atoms with Crippen molar-refractivity contribution in [1.82, 2.24) is 0 Å². The minimum absolute atomic E-state index is 0.0216. The molecule has 21 heavy (non-hydrogen) atoms. The van der Waals surface area contributed by atoms with Gasteiger partial charge in [-0.3, -0.25) is 0 Å². The van der Waals surface area contributed by atoms with E-state index in [1.807, 2.05) is 0 Å². The van der Waals surface area contributed by atoms with Crippen LogP contribution in [0, 0.1) is 0 Å². The maximum Gasteiger partial charge on any atom is 0.115 e. The fourth-order valence-corrected chi connectivity index (χ4v) is 2.43. The van der Waals surface area contributed by atoms with E-state index < -0.39 is 43.2 Å². The van der Waals surface area contributed by atoms with Crippen molar-refractivity contribution >= 4 is 0 Å². The molecule has 7 heteroatoms. The zero-order valence-electron chi connectivity index (χ0n) is 11.3. The summed E-state index contributed by atoms with van der Waals surface area (Å²) in [5.41, 5.74) is 0.518. The molecule has 6 atom stereocenters. The summed E-state index contributed by atoms with van der Waals surface area (Å²) in [5.74, 6) is 0.0683. The molecule has 0 spiro atoms. The van der Waals surface area contributed by atoms with Crippen LogP contribution in [0.5, 0.6) is 5.75 Å². The number of hydrogen-bond donors (Lipinski definition) is 6. The van der Waals surface area contributed by atoms with Crippen molar-refractivity contribution in [2.75, 3.05) is 6.61 Å². The minimum Gasteiger partial charge on any atom is -0.508 e. The van der Waals surface area contributed by atoms with Crippen LogP contribution in [0.25, 0.3) is 0 Å². The van der Waals surface area contributed by atoms with E-state index in [9.17, 15) is 25.5 Å². The van der Waals surface area contributed by atoms with Crippen LogP contribution in [0.2, 0.25) is 0 Å². The first kappa shape index (κ1) is 16.2. The second-order valence-corrected chi connectivity index (χ2v) is 5.21. The van der Waals surface area contributed by atoms with Crippen LogP contribution in [0.1, 0.15) is 18.1 Å². The number of benzene rings is 1. The molecule has 6 N–H and O–H groups in total. The summed E-state index contributed by atoms with van der Waals surface area (Å²) in [6, 6.07) is 5.91. The molecule has 1 saturated heterocycles. The number of phenols is 1. The Bertz CT molecular complexity index is 447. The second kappa shape index (κ2) is 6.69. The van der Waals surface area contributed by atoms with Crippen molar-refractivity contribution in [2.45, 2.75) is 43.0 Å². The van der Waals surface area contributed by atoms with Gasteiger partial charge >= 0.3 is 0 Å². The molecule has 1 aliphatic heterocycles.